The fraction of sp³-hybridized carbons (Fsp3) is 0.571. The van der Waals surface area contributed by atoms with Crippen molar-refractivity contribution in [2.24, 2.45) is 0 Å². The summed E-state index contributed by atoms with van der Waals surface area (Å²) in [4.78, 5) is 0.245. The molecule has 0 N–H and O–H groups in total. The van der Waals surface area contributed by atoms with Crippen LogP contribution in [0.25, 0.3) is 0 Å². The van der Waals surface area contributed by atoms with Gasteiger partial charge in [-0.05, 0) is 25.5 Å². The maximum absolute atomic E-state index is 12.8. The van der Waals surface area contributed by atoms with Crippen molar-refractivity contribution >= 4 is 10.0 Å². The maximum Gasteiger partial charge on any atom is 0.243 e. The zero-order valence-corrected chi connectivity index (χ0v) is 13.6. The Morgan fingerprint density at radius 1 is 1.24 bits per heavy atom. The maximum atomic E-state index is 12.8. The predicted molar refractivity (Wildman–Crippen MR) is 78.5 cm³/mol. The van der Waals surface area contributed by atoms with Gasteiger partial charge in [0, 0.05) is 19.2 Å². The number of nitrogens with zero attached hydrogens (tertiary/aromatic N) is 1. The molecule has 6 nitrogen and oxygen atoms in total. The van der Waals surface area contributed by atoms with E-state index in [0.717, 1.165) is 0 Å². The van der Waals surface area contributed by atoms with Gasteiger partial charge in [0.2, 0.25) is 10.0 Å². The van der Waals surface area contributed by atoms with Crippen molar-refractivity contribution in [3.63, 3.8) is 0 Å². The fourth-order valence-corrected chi connectivity index (χ4v) is 4.10. The summed E-state index contributed by atoms with van der Waals surface area (Å²) < 4.78 is 42.8. The lowest BCUT2D eigenvalue weighted by molar-refractivity contribution is 0.0101. The molecule has 0 radical (unpaired) electrons. The van der Waals surface area contributed by atoms with E-state index in [2.05, 4.69) is 0 Å². The number of hydrogen-bond donors (Lipinski definition) is 0. The summed E-state index contributed by atoms with van der Waals surface area (Å²) in [6, 6.07) is 3.19. The smallest absolute Gasteiger partial charge is 0.243 e. The third kappa shape index (κ3) is 3.14. The zero-order valence-electron chi connectivity index (χ0n) is 12.8. The molecule has 2 rings (SSSR count). The number of aryl methyl sites for hydroxylation is 1. The number of hydrogen-bond acceptors (Lipinski definition) is 5. The second-order valence-electron chi connectivity index (χ2n) is 5.02. The Morgan fingerprint density at radius 3 is 2.43 bits per heavy atom. The Balaban J connectivity index is 2.44. The average molecular weight is 315 g/mol. The Morgan fingerprint density at radius 2 is 1.86 bits per heavy atom. The van der Waals surface area contributed by atoms with E-state index < -0.39 is 10.0 Å². The second kappa shape index (κ2) is 6.21. The van der Waals surface area contributed by atoms with Gasteiger partial charge in [-0.25, -0.2) is 8.42 Å². The highest BCUT2D eigenvalue weighted by atomic mass is 32.2. The summed E-state index contributed by atoms with van der Waals surface area (Å²) in [7, 11) is -0.556. The Kier molecular flexibility index (Phi) is 4.75. The molecule has 0 saturated carbocycles. The van der Waals surface area contributed by atoms with Crippen LogP contribution < -0.4 is 9.47 Å². The summed E-state index contributed by atoms with van der Waals surface area (Å²) in [6.07, 6.45) is -0.103. The van der Waals surface area contributed by atoms with E-state index in [1.807, 2.05) is 6.92 Å². The third-order valence-electron chi connectivity index (χ3n) is 3.50. The monoisotopic (exact) mass is 315 g/mol. The van der Waals surface area contributed by atoms with Crippen molar-refractivity contribution in [2.45, 2.75) is 24.8 Å². The van der Waals surface area contributed by atoms with Gasteiger partial charge in [0.1, 0.15) is 0 Å². The molecule has 0 amide bonds. The molecule has 0 aliphatic carbocycles. The minimum Gasteiger partial charge on any atom is -0.493 e. The molecule has 1 heterocycles. The third-order valence-corrected chi connectivity index (χ3v) is 5.51. The molecule has 1 aliphatic rings. The van der Waals surface area contributed by atoms with Crippen LogP contribution in [0, 0.1) is 6.92 Å². The van der Waals surface area contributed by atoms with Crippen molar-refractivity contribution < 1.29 is 22.6 Å². The Bertz CT molecular complexity index is 614. The highest BCUT2D eigenvalue weighted by Crippen LogP contribution is 2.33. The van der Waals surface area contributed by atoms with E-state index >= 15 is 0 Å². The number of sulfonamides is 1. The van der Waals surface area contributed by atoms with Crippen LogP contribution in [0.5, 0.6) is 11.5 Å². The number of methoxy groups -OCH3 is 2. The highest BCUT2D eigenvalue weighted by molar-refractivity contribution is 7.89. The van der Waals surface area contributed by atoms with Gasteiger partial charge in [-0.2, -0.15) is 4.31 Å². The van der Waals surface area contributed by atoms with Crippen LogP contribution in [0.1, 0.15) is 12.5 Å². The van der Waals surface area contributed by atoms with E-state index in [0.29, 0.717) is 36.8 Å². The molecule has 118 valence electrons. The second-order valence-corrected chi connectivity index (χ2v) is 6.92. The molecular weight excluding hydrogens is 294 g/mol. The predicted octanol–water partition coefficient (Wildman–Crippen LogP) is 1.42. The van der Waals surface area contributed by atoms with Crippen LogP contribution in [0.4, 0.5) is 0 Å². The first kappa shape index (κ1) is 16.1. The molecular formula is C14H21NO5S. The van der Waals surface area contributed by atoms with Crippen molar-refractivity contribution in [3.05, 3.63) is 17.7 Å². The van der Waals surface area contributed by atoms with Crippen molar-refractivity contribution in [3.8, 4) is 11.5 Å². The molecule has 1 saturated heterocycles. The van der Waals surface area contributed by atoms with Crippen molar-refractivity contribution in [2.75, 3.05) is 33.9 Å². The van der Waals surface area contributed by atoms with Crippen LogP contribution >= 0.6 is 0 Å². The summed E-state index contributed by atoms with van der Waals surface area (Å²) in [5, 5.41) is 0. The van der Waals surface area contributed by atoms with Crippen LogP contribution in [-0.4, -0.2) is 52.7 Å². The summed E-state index contributed by atoms with van der Waals surface area (Å²) >= 11 is 0. The highest BCUT2D eigenvalue weighted by Gasteiger charge is 2.31. The van der Waals surface area contributed by atoms with Crippen LogP contribution in [0.15, 0.2) is 17.0 Å². The molecule has 1 fully saturated rings. The van der Waals surface area contributed by atoms with E-state index in [9.17, 15) is 8.42 Å². The van der Waals surface area contributed by atoms with E-state index in [1.54, 1.807) is 13.0 Å². The largest absolute Gasteiger partial charge is 0.493 e. The van der Waals surface area contributed by atoms with Gasteiger partial charge in [-0.3, -0.25) is 0 Å². The van der Waals surface area contributed by atoms with Gasteiger partial charge in [-0.15, -0.1) is 0 Å². The first-order chi connectivity index (χ1) is 9.90. The van der Waals surface area contributed by atoms with E-state index in [-0.39, 0.29) is 11.0 Å². The number of morpholine rings is 1. The lowest BCUT2D eigenvalue weighted by Crippen LogP contribution is -2.44. The Hall–Kier alpha value is -1.31. The first-order valence-corrected chi connectivity index (χ1v) is 8.18. The zero-order chi connectivity index (χ0) is 15.6. The van der Waals surface area contributed by atoms with Gasteiger partial charge in [0.15, 0.2) is 11.5 Å². The molecule has 1 aliphatic heterocycles. The lowest BCUT2D eigenvalue weighted by Gasteiger charge is -2.30. The van der Waals surface area contributed by atoms with Crippen molar-refractivity contribution in [1.29, 1.82) is 0 Å². The minimum absolute atomic E-state index is 0.103. The summed E-state index contributed by atoms with van der Waals surface area (Å²) in [6.45, 7) is 4.74. The van der Waals surface area contributed by atoms with Gasteiger partial charge < -0.3 is 14.2 Å². The van der Waals surface area contributed by atoms with Gasteiger partial charge in [-0.1, -0.05) is 0 Å². The first-order valence-electron chi connectivity index (χ1n) is 6.74. The van der Waals surface area contributed by atoms with Crippen molar-refractivity contribution in [1.82, 2.24) is 4.31 Å². The normalized spacial score (nSPS) is 20.3. The summed E-state index contributed by atoms with van der Waals surface area (Å²) in [5.41, 5.74) is 0.631. The molecule has 7 heteroatoms. The molecule has 0 bridgehead atoms. The molecule has 0 unspecified atom stereocenters. The van der Waals surface area contributed by atoms with Crippen LogP contribution in [-0.2, 0) is 14.8 Å². The molecule has 1 aromatic rings. The van der Waals surface area contributed by atoms with Crippen LogP contribution in [0.2, 0.25) is 0 Å². The molecule has 21 heavy (non-hydrogen) atoms. The minimum atomic E-state index is -3.57. The molecule has 1 aromatic carbocycles. The SMILES string of the molecule is COc1cc(C)c(S(=O)(=O)N2CCO[C@H](C)C2)cc1OC. The fourth-order valence-electron chi connectivity index (χ4n) is 2.38. The van der Waals surface area contributed by atoms with Crippen LogP contribution in [0.3, 0.4) is 0 Å². The van der Waals surface area contributed by atoms with Gasteiger partial charge >= 0.3 is 0 Å². The number of ether oxygens (including phenoxy) is 3. The van der Waals surface area contributed by atoms with E-state index in [4.69, 9.17) is 14.2 Å². The number of rotatable bonds is 4. The van der Waals surface area contributed by atoms with Gasteiger partial charge in [0.25, 0.3) is 0 Å². The topological polar surface area (TPSA) is 65.1 Å². The molecule has 0 aromatic heterocycles. The number of benzene rings is 1. The van der Waals surface area contributed by atoms with E-state index in [1.165, 1.54) is 24.6 Å². The summed E-state index contributed by atoms with van der Waals surface area (Å²) in [5.74, 6) is 0.923. The van der Waals surface area contributed by atoms with Gasteiger partial charge in [0.05, 0.1) is 31.8 Å². The molecule has 1 atom stereocenters. The lowest BCUT2D eigenvalue weighted by atomic mass is 10.2. The molecule has 0 spiro atoms. The average Bonchev–Trinajstić information content (AvgIpc) is 2.46. The Labute approximate surface area is 125 Å². The quantitative estimate of drug-likeness (QED) is 0.841. The standard InChI is InChI=1S/C14H21NO5S/c1-10-7-12(18-3)13(19-4)8-14(10)21(16,17)15-5-6-20-11(2)9-15/h7-8,11H,5-6,9H2,1-4H3/t11-/m1/s1.